The van der Waals surface area contributed by atoms with Crippen molar-refractivity contribution >= 4 is 61.2 Å². The van der Waals surface area contributed by atoms with Gasteiger partial charge in [0.25, 0.3) is 21.6 Å². The second-order valence-corrected chi connectivity index (χ2v) is 15.3. The van der Waals surface area contributed by atoms with Gasteiger partial charge >= 0.3 is 18.2 Å². The molecule has 0 saturated carbocycles. The van der Waals surface area contributed by atoms with Crippen LogP contribution in [0.25, 0.3) is 0 Å². The van der Waals surface area contributed by atoms with E-state index >= 15 is 0 Å². The molecule has 3 amide bonds. The van der Waals surface area contributed by atoms with Crippen molar-refractivity contribution in [3.05, 3.63) is 110 Å². The smallest absolute Gasteiger partial charge is 0.416 e. The molecule has 24 heteroatoms. The SMILES string of the molecule is CS(=O)(=O)NC(=O)c1cc(Oc2ccc(C(F)(F)F)cc2Cl)ccc1[N+](=O)[O-].Cc1cc(C)nc(NC(=O)NS(=O)(=O)c2ccccc2C(=O)OC2COC2)n1. The van der Waals surface area contributed by atoms with Gasteiger partial charge in [0.1, 0.15) is 28.1 Å². The zero-order valence-corrected chi connectivity index (χ0v) is 31.3. The average Bonchev–Trinajstić information content (AvgIpc) is 3.05. The number of anilines is 1. The Balaban J connectivity index is 0.000000249. The molecule has 0 unspecified atom stereocenters. The first-order valence-electron chi connectivity index (χ1n) is 15.4. The van der Waals surface area contributed by atoms with Gasteiger partial charge in [-0.25, -0.2) is 45.8 Å². The van der Waals surface area contributed by atoms with E-state index in [4.69, 9.17) is 25.8 Å². The minimum atomic E-state index is -4.62. The summed E-state index contributed by atoms with van der Waals surface area (Å²) >= 11 is 5.76. The molecule has 1 aliphatic heterocycles. The number of benzene rings is 3. The molecule has 1 fully saturated rings. The molecule has 2 heterocycles. The second-order valence-electron chi connectivity index (χ2n) is 11.5. The Morgan fingerprint density at radius 3 is 2.12 bits per heavy atom. The summed E-state index contributed by atoms with van der Waals surface area (Å²) in [7, 11) is -8.35. The van der Waals surface area contributed by atoms with Crippen LogP contribution < -0.4 is 19.5 Å². The Morgan fingerprint density at radius 2 is 1.57 bits per heavy atom. The fraction of sp³-hybridized carbons (Fsp3) is 0.219. The van der Waals surface area contributed by atoms with Gasteiger partial charge in [-0.2, -0.15) is 13.2 Å². The van der Waals surface area contributed by atoms with Crippen molar-refractivity contribution in [1.82, 2.24) is 19.4 Å². The van der Waals surface area contributed by atoms with Crippen molar-refractivity contribution in [2.75, 3.05) is 24.8 Å². The lowest BCUT2D eigenvalue weighted by Gasteiger charge is -2.25. The number of amides is 3. The van der Waals surface area contributed by atoms with Crippen LogP contribution in [0.2, 0.25) is 5.02 Å². The summed E-state index contributed by atoms with van der Waals surface area (Å²) in [6.07, 6.45) is -4.35. The number of esters is 1. The molecular formula is C32H28ClF3N6O12S2. The number of hydrogen-bond donors (Lipinski definition) is 3. The molecule has 5 rings (SSSR count). The molecule has 0 atom stereocenters. The quantitative estimate of drug-likeness (QED) is 0.109. The summed E-state index contributed by atoms with van der Waals surface area (Å²) in [6.45, 7) is 3.95. The van der Waals surface area contributed by atoms with Gasteiger partial charge in [-0.05, 0) is 56.3 Å². The number of nitro groups is 1. The number of nitrogens with one attached hydrogen (secondary N) is 3. The van der Waals surface area contributed by atoms with Crippen molar-refractivity contribution < 1.29 is 63.5 Å². The van der Waals surface area contributed by atoms with E-state index < -0.39 is 77.0 Å². The Bertz CT molecular complexity index is 2390. The molecule has 18 nitrogen and oxygen atoms in total. The minimum Gasteiger partial charge on any atom is -0.456 e. The van der Waals surface area contributed by atoms with E-state index in [-0.39, 0.29) is 41.1 Å². The third kappa shape index (κ3) is 11.8. The van der Waals surface area contributed by atoms with Crippen LogP contribution in [0, 0.1) is 24.0 Å². The highest BCUT2D eigenvalue weighted by Gasteiger charge is 2.32. The standard InChI is InChI=1S/C17H18N4O6S.C15H10ClF3N2O6S/c1-10-7-11(2)19-16(18-10)20-17(23)21-28(24,25)14-6-4-3-5-13(14)15(22)27-12-8-26-9-12;1-28(25,26)20-14(22)10-7-9(3-4-12(10)21(23)24)27-13-5-2-8(6-11(13)16)15(17,18)19/h3-7,12H,8-9H2,1-2H3,(H2,18,19,20,21,23);2-7H,1H3,(H,20,22). The number of aryl methyl sites for hydroxylation is 2. The number of carbonyl (C=O) groups is 3. The monoisotopic (exact) mass is 844 g/mol. The number of nitrogens with zero attached hydrogens (tertiary/aromatic N) is 3. The van der Waals surface area contributed by atoms with Gasteiger partial charge in [-0.15, -0.1) is 0 Å². The maximum absolute atomic E-state index is 12.7. The van der Waals surface area contributed by atoms with Crippen LogP contribution in [0.15, 0.2) is 71.6 Å². The third-order valence-electron chi connectivity index (χ3n) is 6.89. The summed E-state index contributed by atoms with van der Waals surface area (Å²) < 4.78 is 104. The highest BCUT2D eigenvalue weighted by molar-refractivity contribution is 7.90. The first kappa shape index (κ1) is 42.8. The van der Waals surface area contributed by atoms with Gasteiger partial charge < -0.3 is 14.2 Å². The zero-order valence-electron chi connectivity index (χ0n) is 28.9. The molecule has 3 aromatic carbocycles. The molecule has 1 saturated heterocycles. The van der Waals surface area contributed by atoms with Crippen molar-refractivity contribution in [1.29, 1.82) is 0 Å². The lowest BCUT2D eigenvalue weighted by molar-refractivity contribution is -0.385. The Hall–Kier alpha value is -5.91. The van der Waals surface area contributed by atoms with E-state index in [1.54, 1.807) is 24.6 Å². The van der Waals surface area contributed by atoms with E-state index in [1.165, 1.54) is 24.3 Å². The van der Waals surface area contributed by atoms with Crippen molar-refractivity contribution in [2.24, 2.45) is 0 Å². The predicted molar refractivity (Wildman–Crippen MR) is 189 cm³/mol. The van der Waals surface area contributed by atoms with E-state index in [1.807, 2.05) is 4.72 Å². The van der Waals surface area contributed by atoms with Gasteiger partial charge in [0.05, 0.1) is 40.5 Å². The first-order chi connectivity index (χ1) is 26.0. The number of urea groups is 1. The number of halogens is 4. The van der Waals surface area contributed by atoms with E-state index in [0.29, 0.717) is 29.8 Å². The van der Waals surface area contributed by atoms with Crippen LogP contribution in [0.1, 0.15) is 37.7 Å². The van der Waals surface area contributed by atoms with E-state index in [2.05, 4.69) is 15.3 Å². The van der Waals surface area contributed by atoms with Crippen LogP contribution in [-0.2, 0) is 35.7 Å². The van der Waals surface area contributed by atoms with E-state index in [0.717, 1.165) is 24.3 Å². The van der Waals surface area contributed by atoms with Crippen LogP contribution in [-0.4, -0.2) is 75.2 Å². The summed E-state index contributed by atoms with van der Waals surface area (Å²) in [4.78, 5) is 54.2. The third-order valence-corrected chi connectivity index (χ3v) is 9.13. The van der Waals surface area contributed by atoms with Gasteiger partial charge in [0, 0.05) is 23.5 Å². The van der Waals surface area contributed by atoms with Crippen LogP contribution >= 0.6 is 11.6 Å². The zero-order chi connectivity index (χ0) is 41.6. The van der Waals surface area contributed by atoms with Gasteiger partial charge in [0.15, 0.2) is 0 Å². The summed E-state index contributed by atoms with van der Waals surface area (Å²) in [5, 5.41) is 12.9. The van der Waals surface area contributed by atoms with Crippen molar-refractivity contribution in [3.63, 3.8) is 0 Å². The number of rotatable bonds is 10. The molecule has 0 spiro atoms. The first-order valence-corrected chi connectivity index (χ1v) is 19.2. The second kappa shape index (κ2) is 17.3. The molecule has 56 heavy (non-hydrogen) atoms. The molecule has 0 bridgehead atoms. The van der Waals surface area contributed by atoms with Gasteiger partial charge in [-0.1, -0.05) is 23.7 Å². The molecule has 3 N–H and O–H groups in total. The Kier molecular flexibility index (Phi) is 13.2. The summed E-state index contributed by atoms with van der Waals surface area (Å²) in [6, 6.07) is 11.2. The number of sulfonamides is 2. The summed E-state index contributed by atoms with van der Waals surface area (Å²) in [5.41, 5.74) is -1.31. The lowest BCUT2D eigenvalue weighted by Crippen LogP contribution is -2.39. The number of ether oxygens (including phenoxy) is 3. The molecule has 1 aromatic heterocycles. The number of carbonyl (C=O) groups excluding carboxylic acids is 3. The lowest BCUT2D eigenvalue weighted by atomic mass is 10.1. The van der Waals surface area contributed by atoms with Crippen LogP contribution in [0.3, 0.4) is 0 Å². The van der Waals surface area contributed by atoms with Crippen LogP contribution in [0.4, 0.5) is 29.6 Å². The largest absolute Gasteiger partial charge is 0.456 e. The molecule has 298 valence electrons. The van der Waals surface area contributed by atoms with E-state index in [9.17, 15) is 54.5 Å². The number of aromatic nitrogens is 2. The van der Waals surface area contributed by atoms with Crippen molar-refractivity contribution in [2.45, 2.75) is 31.0 Å². The molecule has 4 aromatic rings. The Morgan fingerprint density at radius 1 is 0.929 bits per heavy atom. The Labute approximate surface area is 320 Å². The highest BCUT2D eigenvalue weighted by Crippen LogP contribution is 2.37. The van der Waals surface area contributed by atoms with Gasteiger partial charge in [0.2, 0.25) is 16.0 Å². The van der Waals surface area contributed by atoms with Crippen LogP contribution in [0.5, 0.6) is 11.5 Å². The summed E-state index contributed by atoms with van der Waals surface area (Å²) in [5.74, 6) is -2.53. The molecule has 0 radical (unpaired) electrons. The normalized spacial score (nSPS) is 12.9. The minimum absolute atomic E-state index is 0.0390. The average molecular weight is 845 g/mol. The topological polar surface area (TPSA) is 252 Å². The number of nitro benzene ring substituents is 1. The molecule has 0 aliphatic carbocycles. The number of alkyl halides is 3. The number of hydrogen-bond acceptors (Lipinski definition) is 14. The maximum atomic E-state index is 12.7. The van der Waals surface area contributed by atoms with Crippen molar-refractivity contribution in [3.8, 4) is 11.5 Å². The molecular weight excluding hydrogens is 817 g/mol. The van der Waals surface area contributed by atoms with Gasteiger partial charge in [-0.3, -0.25) is 20.2 Å². The molecule has 1 aliphatic rings. The predicted octanol–water partition coefficient (Wildman–Crippen LogP) is 4.91. The fourth-order valence-electron chi connectivity index (χ4n) is 4.48. The highest BCUT2D eigenvalue weighted by atomic mass is 35.5. The maximum Gasteiger partial charge on any atom is 0.416 e. The fourth-order valence-corrected chi connectivity index (χ4v) is 6.25.